The summed E-state index contributed by atoms with van der Waals surface area (Å²) in [4.78, 5) is 0. The summed E-state index contributed by atoms with van der Waals surface area (Å²) >= 11 is 0. The molecular weight excluding hydrogens is 163 g/mol. The van der Waals surface area contributed by atoms with Gasteiger partial charge in [0, 0.05) is 5.56 Å². The Balaban J connectivity index is 3.60. The molecule has 0 unspecified atom stereocenters. The minimum atomic E-state index is -1.09. The summed E-state index contributed by atoms with van der Waals surface area (Å²) in [6.07, 6.45) is 0. The van der Waals surface area contributed by atoms with Crippen molar-refractivity contribution in [2.75, 3.05) is 11.5 Å². The number of anilines is 2. The molecule has 12 heavy (non-hydrogen) atoms. The smallest absolute Gasteiger partial charge is 0.193 e. The number of nitrogens with two attached hydrogens (primary N) is 2. The van der Waals surface area contributed by atoms with Crippen LogP contribution in [0, 0.1) is 12.7 Å². The Kier molecular flexibility index (Phi) is 1.72. The van der Waals surface area contributed by atoms with Crippen molar-refractivity contribution in [3.05, 3.63) is 11.4 Å². The van der Waals surface area contributed by atoms with Gasteiger partial charge in [0.1, 0.15) is 11.4 Å². The molecule has 4 nitrogen and oxygen atoms in total. The molecule has 0 saturated heterocycles. The highest BCUT2D eigenvalue weighted by molar-refractivity contribution is 5.72. The second-order valence-electron chi connectivity index (χ2n) is 2.46. The summed E-state index contributed by atoms with van der Waals surface area (Å²) in [6, 6.07) is 0. The number of nitrogen functional groups attached to an aromatic ring is 2. The maximum absolute atomic E-state index is 12.8. The number of hydrogen-bond acceptors (Lipinski definition) is 4. The Morgan fingerprint density at radius 3 is 2.08 bits per heavy atom. The molecular formula is C7H9FN2O2. The minimum Gasteiger partial charge on any atom is -0.505 e. The van der Waals surface area contributed by atoms with E-state index in [9.17, 15) is 4.39 Å². The van der Waals surface area contributed by atoms with Crippen LogP contribution in [0.4, 0.5) is 15.8 Å². The number of aromatic hydroxyl groups is 2. The zero-order valence-corrected chi connectivity index (χ0v) is 6.43. The van der Waals surface area contributed by atoms with Crippen LogP contribution in [-0.2, 0) is 0 Å². The molecule has 0 heterocycles. The van der Waals surface area contributed by atoms with Crippen molar-refractivity contribution < 1.29 is 14.6 Å². The Labute approximate surface area is 68.2 Å². The Bertz CT molecular complexity index is 234. The normalized spacial score (nSPS) is 10.2. The van der Waals surface area contributed by atoms with Gasteiger partial charge in [-0.05, 0) is 6.92 Å². The summed E-state index contributed by atoms with van der Waals surface area (Å²) in [5.74, 6) is -2.24. The van der Waals surface area contributed by atoms with Crippen molar-refractivity contribution in [2.24, 2.45) is 0 Å². The maximum Gasteiger partial charge on any atom is 0.193 e. The van der Waals surface area contributed by atoms with Crippen molar-refractivity contribution in [3.63, 3.8) is 0 Å². The predicted octanol–water partition coefficient (Wildman–Crippen LogP) is 0.710. The van der Waals surface area contributed by atoms with Gasteiger partial charge >= 0.3 is 0 Å². The third-order valence-corrected chi connectivity index (χ3v) is 1.71. The van der Waals surface area contributed by atoms with E-state index in [0.717, 1.165) is 0 Å². The highest BCUT2D eigenvalue weighted by Gasteiger charge is 2.17. The Morgan fingerprint density at radius 2 is 1.58 bits per heavy atom. The average molecular weight is 172 g/mol. The lowest BCUT2D eigenvalue weighted by atomic mass is 10.1. The topological polar surface area (TPSA) is 92.5 Å². The molecule has 1 aromatic carbocycles. The van der Waals surface area contributed by atoms with Crippen LogP contribution in [0.25, 0.3) is 0 Å². The number of hydrogen-bond donors (Lipinski definition) is 4. The number of halogens is 1. The van der Waals surface area contributed by atoms with Crippen molar-refractivity contribution in [2.45, 2.75) is 6.92 Å². The van der Waals surface area contributed by atoms with Crippen LogP contribution in [0.3, 0.4) is 0 Å². The molecule has 6 N–H and O–H groups in total. The summed E-state index contributed by atoms with van der Waals surface area (Å²) < 4.78 is 12.8. The minimum absolute atomic E-state index is 0.173. The van der Waals surface area contributed by atoms with E-state index in [1.54, 1.807) is 0 Å². The standard InChI is InChI=1S/C7H9FN2O2/c1-2-4(9)7(12)3(8)5(10)6(2)11/h11-12H,9-10H2,1H3. The first-order valence-electron chi connectivity index (χ1n) is 3.21. The SMILES string of the molecule is Cc1c(N)c(O)c(F)c(N)c1O. The van der Waals surface area contributed by atoms with Gasteiger partial charge in [-0.3, -0.25) is 0 Å². The fourth-order valence-electron chi connectivity index (χ4n) is 0.857. The summed E-state index contributed by atoms with van der Waals surface area (Å²) in [6.45, 7) is 1.43. The highest BCUT2D eigenvalue weighted by Crippen LogP contribution is 2.39. The van der Waals surface area contributed by atoms with E-state index < -0.39 is 23.0 Å². The first-order valence-corrected chi connectivity index (χ1v) is 3.21. The fourth-order valence-corrected chi connectivity index (χ4v) is 0.857. The van der Waals surface area contributed by atoms with Crippen molar-refractivity contribution in [1.29, 1.82) is 0 Å². The second-order valence-corrected chi connectivity index (χ2v) is 2.46. The van der Waals surface area contributed by atoms with Crippen molar-refractivity contribution in [3.8, 4) is 11.5 Å². The van der Waals surface area contributed by atoms with Gasteiger partial charge < -0.3 is 21.7 Å². The van der Waals surface area contributed by atoms with E-state index in [1.165, 1.54) is 6.92 Å². The number of phenols is 2. The quantitative estimate of drug-likeness (QED) is 0.263. The van der Waals surface area contributed by atoms with Crippen LogP contribution in [0.2, 0.25) is 0 Å². The molecule has 0 aliphatic carbocycles. The van der Waals surface area contributed by atoms with Gasteiger partial charge in [-0.2, -0.15) is 0 Å². The lowest BCUT2D eigenvalue weighted by molar-refractivity contribution is 0.425. The molecule has 1 rings (SSSR count). The zero-order chi connectivity index (χ0) is 9.46. The maximum atomic E-state index is 12.8. The van der Waals surface area contributed by atoms with Crippen LogP contribution in [0.1, 0.15) is 5.56 Å². The van der Waals surface area contributed by atoms with Crippen LogP contribution in [0.15, 0.2) is 0 Å². The number of benzene rings is 1. The molecule has 0 bridgehead atoms. The highest BCUT2D eigenvalue weighted by atomic mass is 19.1. The van der Waals surface area contributed by atoms with Gasteiger partial charge in [0.15, 0.2) is 11.6 Å². The van der Waals surface area contributed by atoms with Crippen molar-refractivity contribution >= 4 is 11.4 Å². The zero-order valence-electron chi connectivity index (χ0n) is 6.43. The number of rotatable bonds is 0. The van der Waals surface area contributed by atoms with Gasteiger partial charge in [-0.1, -0.05) is 0 Å². The average Bonchev–Trinajstić information content (AvgIpc) is 2.08. The van der Waals surface area contributed by atoms with Gasteiger partial charge in [-0.15, -0.1) is 0 Å². The van der Waals surface area contributed by atoms with Crippen molar-refractivity contribution in [1.82, 2.24) is 0 Å². The van der Waals surface area contributed by atoms with Gasteiger partial charge in [0.25, 0.3) is 0 Å². The van der Waals surface area contributed by atoms with E-state index in [1.807, 2.05) is 0 Å². The lowest BCUT2D eigenvalue weighted by Gasteiger charge is -2.09. The monoisotopic (exact) mass is 172 g/mol. The van der Waals surface area contributed by atoms with Gasteiger partial charge in [0.05, 0.1) is 5.69 Å². The van der Waals surface area contributed by atoms with E-state index in [-0.39, 0.29) is 11.3 Å². The molecule has 0 aromatic heterocycles. The van der Waals surface area contributed by atoms with Crippen LogP contribution >= 0.6 is 0 Å². The first kappa shape index (κ1) is 8.45. The van der Waals surface area contributed by atoms with Crippen LogP contribution in [-0.4, -0.2) is 10.2 Å². The number of phenolic OH excluding ortho intramolecular Hbond substituents is 2. The molecule has 0 atom stereocenters. The third-order valence-electron chi connectivity index (χ3n) is 1.71. The first-order chi connectivity index (χ1) is 5.46. The molecule has 1 aromatic rings. The third kappa shape index (κ3) is 0.903. The Morgan fingerprint density at radius 1 is 1.08 bits per heavy atom. The van der Waals surface area contributed by atoms with Gasteiger partial charge in [0.2, 0.25) is 0 Å². The summed E-state index contributed by atoms with van der Waals surface area (Å²) in [5, 5.41) is 18.1. The van der Waals surface area contributed by atoms with Gasteiger partial charge in [-0.25, -0.2) is 4.39 Å². The Hall–Kier alpha value is -1.65. The molecule has 0 amide bonds. The van der Waals surface area contributed by atoms with E-state index in [4.69, 9.17) is 21.7 Å². The summed E-state index contributed by atoms with van der Waals surface area (Å²) in [7, 11) is 0. The molecule has 0 aliphatic heterocycles. The van der Waals surface area contributed by atoms with E-state index >= 15 is 0 Å². The van der Waals surface area contributed by atoms with Crippen LogP contribution in [0.5, 0.6) is 11.5 Å². The molecule has 66 valence electrons. The van der Waals surface area contributed by atoms with E-state index in [2.05, 4.69) is 0 Å². The molecule has 0 fully saturated rings. The largest absolute Gasteiger partial charge is 0.505 e. The van der Waals surface area contributed by atoms with Crippen LogP contribution < -0.4 is 11.5 Å². The molecule has 0 spiro atoms. The molecule has 0 radical (unpaired) electrons. The molecule has 0 saturated carbocycles. The van der Waals surface area contributed by atoms with E-state index in [0.29, 0.717) is 0 Å². The molecule has 0 aliphatic rings. The fraction of sp³-hybridized carbons (Fsp3) is 0.143. The molecule has 5 heteroatoms. The lowest BCUT2D eigenvalue weighted by Crippen LogP contribution is -1.99. The summed E-state index contributed by atoms with van der Waals surface area (Å²) in [5.41, 5.74) is 9.85. The second kappa shape index (κ2) is 2.44. The predicted molar refractivity (Wildman–Crippen MR) is 43.3 cm³/mol.